The van der Waals surface area contributed by atoms with E-state index in [-0.39, 0.29) is 5.41 Å². The maximum atomic E-state index is 13.2. The van der Waals surface area contributed by atoms with Gasteiger partial charge in [-0.1, -0.05) is 13.8 Å². The molecule has 0 radical (unpaired) electrons. The van der Waals surface area contributed by atoms with Crippen molar-refractivity contribution in [1.29, 1.82) is 0 Å². The van der Waals surface area contributed by atoms with Crippen molar-refractivity contribution in [2.24, 2.45) is 11.1 Å². The highest BCUT2D eigenvalue weighted by Crippen LogP contribution is 2.62. The lowest BCUT2D eigenvalue weighted by Gasteiger charge is -2.19. The summed E-state index contributed by atoms with van der Waals surface area (Å²) in [5, 5.41) is 0. The van der Waals surface area contributed by atoms with E-state index in [1.165, 1.54) is 7.11 Å². The Morgan fingerprint density at radius 1 is 1.25 bits per heavy atom. The quantitative estimate of drug-likeness (QED) is 0.842. The Balaban J connectivity index is 2.53. The van der Waals surface area contributed by atoms with Crippen molar-refractivity contribution in [3.63, 3.8) is 0 Å². The molecule has 1 fully saturated rings. The summed E-state index contributed by atoms with van der Waals surface area (Å²) in [6, 6.07) is 2.19. The first-order valence-corrected chi connectivity index (χ1v) is 5.14. The lowest BCUT2D eigenvalue weighted by Crippen LogP contribution is -2.26. The van der Waals surface area contributed by atoms with Gasteiger partial charge in [0.25, 0.3) is 0 Å². The van der Waals surface area contributed by atoms with Crippen molar-refractivity contribution in [2.45, 2.75) is 25.8 Å². The van der Waals surface area contributed by atoms with Gasteiger partial charge in [0.1, 0.15) is 5.75 Å². The lowest BCUT2D eigenvalue weighted by molar-refractivity contribution is 0.386. The van der Waals surface area contributed by atoms with Crippen molar-refractivity contribution < 1.29 is 13.5 Å². The minimum absolute atomic E-state index is 0.107. The molecule has 1 unspecified atom stereocenters. The van der Waals surface area contributed by atoms with Crippen LogP contribution in [0, 0.1) is 17.0 Å². The number of hydrogen-bond acceptors (Lipinski definition) is 2. The number of halogens is 2. The van der Waals surface area contributed by atoms with Crippen LogP contribution in [0.4, 0.5) is 8.78 Å². The Morgan fingerprint density at radius 3 is 2.19 bits per heavy atom. The third-order valence-corrected chi connectivity index (χ3v) is 3.53. The molecule has 0 heterocycles. The second-order valence-corrected chi connectivity index (χ2v) is 5.00. The zero-order chi connectivity index (χ0) is 12.1. The average Bonchev–Trinajstić information content (AvgIpc) is 2.71. The number of benzene rings is 1. The number of methoxy groups -OCH3 is 1. The molecule has 1 atom stereocenters. The summed E-state index contributed by atoms with van der Waals surface area (Å²) in [6.07, 6.45) is 0.738. The first-order chi connectivity index (χ1) is 7.32. The fraction of sp³-hybridized carbons (Fsp3) is 0.500. The van der Waals surface area contributed by atoms with E-state index in [0.717, 1.165) is 18.6 Å². The second-order valence-electron chi connectivity index (χ2n) is 5.00. The molecule has 2 nitrogen and oxygen atoms in total. The van der Waals surface area contributed by atoms with Gasteiger partial charge < -0.3 is 10.5 Å². The molecule has 1 aromatic carbocycles. The molecule has 2 N–H and O–H groups in total. The number of hydrogen-bond donors (Lipinski definition) is 1. The highest BCUT2D eigenvalue weighted by molar-refractivity contribution is 5.46. The zero-order valence-corrected chi connectivity index (χ0v) is 9.60. The predicted molar refractivity (Wildman–Crippen MR) is 57.2 cm³/mol. The fourth-order valence-electron chi connectivity index (χ4n) is 2.16. The van der Waals surface area contributed by atoms with E-state index in [1.54, 1.807) is 0 Å². The van der Waals surface area contributed by atoms with Crippen LogP contribution in [0.5, 0.6) is 5.75 Å². The molecule has 1 saturated carbocycles. The van der Waals surface area contributed by atoms with Crippen LogP contribution in [0.15, 0.2) is 12.1 Å². The van der Waals surface area contributed by atoms with E-state index in [4.69, 9.17) is 10.5 Å². The van der Waals surface area contributed by atoms with Crippen molar-refractivity contribution in [3.8, 4) is 5.75 Å². The summed E-state index contributed by atoms with van der Waals surface area (Å²) in [7, 11) is 1.43. The van der Waals surface area contributed by atoms with Gasteiger partial charge in [-0.2, -0.15) is 0 Å². The smallest absolute Gasteiger partial charge is 0.162 e. The molecule has 1 aromatic rings. The Morgan fingerprint density at radius 2 is 1.75 bits per heavy atom. The molecule has 0 spiro atoms. The van der Waals surface area contributed by atoms with Crippen molar-refractivity contribution in [1.82, 2.24) is 0 Å². The molecule has 1 aliphatic rings. The van der Waals surface area contributed by atoms with E-state index in [2.05, 4.69) is 0 Å². The maximum absolute atomic E-state index is 13.2. The van der Waals surface area contributed by atoms with E-state index < -0.39 is 17.2 Å². The molecular formula is C12H15F2NO. The monoisotopic (exact) mass is 227 g/mol. The van der Waals surface area contributed by atoms with Crippen LogP contribution >= 0.6 is 0 Å². The van der Waals surface area contributed by atoms with Gasteiger partial charge >= 0.3 is 0 Å². The van der Waals surface area contributed by atoms with E-state index in [1.807, 2.05) is 13.8 Å². The van der Waals surface area contributed by atoms with E-state index in [0.29, 0.717) is 11.3 Å². The largest absolute Gasteiger partial charge is 0.496 e. The topological polar surface area (TPSA) is 35.2 Å². The molecular weight excluding hydrogens is 212 g/mol. The normalized spacial score (nSPS) is 26.6. The molecule has 0 amide bonds. The predicted octanol–water partition coefficient (Wildman–Crippen LogP) is 2.56. The van der Waals surface area contributed by atoms with Gasteiger partial charge in [-0.15, -0.1) is 0 Å². The maximum Gasteiger partial charge on any atom is 0.162 e. The van der Waals surface area contributed by atoms with E-state index >= 15 is 0 Å². The molecule has 4 heteroatoms. The molecule has 88 valence electrons. The molecule has 2 rings (SSSR count). The van der Waals surface area contributed by atoms with Gasteiger partial charge in [0, 0.05) is 11.6 Å². The molecule has 0 aromatic heterocycles. The fourth-order valence-corrected chi connectivity index (χ4v) is 2.16. The van der Waals surface area contributed by atoms with Gasteiger partial charge in [-0.3, -0.25) is 0 Å². The van der Waals surface area contributed by atoms with Crippen LogP contribution in [0.25, 0.3) is 0 Å². The summed E-state index contributed by atoms with van der Waals surface area (Å²) >= 11 is 0. The Hall–Kier alpha value is -1.16. The van der Waals surface area contributed by atoms with E-state index in [9.17, 15) is 8.78 Å². The Labute approximate surface area is 93.4 Å². The highest BCUT2D eigenvalue weighted by Gasteiger charge is 2.60. The van der Waals surface area contributed by atoms with Crippen LogP contribution in [0.3, 0.4) is 0 Å². The summed E-state index contributed by atoms with van der Waals surface area (Å²) in [6.45, 7) is 3.99. The SMILES string of the molecule is COc1cc(F)c(F)cc1C1(N)CC1(C)C. The van der Waals surface area contributed by atoms with Gasteiger partial charge in [0.15, 0.2) is 11.6 Å². The van der Waals surface area contributed by atoms with Crippen LogP contribution < -0.4 is 10.5 Å². The number of ether oxygens (including phenoxy) is 1. The second kappa shape index (κ2) is 3.17. The minimum Gasteiger partial charge on any atom is -0.496 e. The van der Waals surface area contributed by atoms with Gasteiger partial charge in [-0.05, 0) is 17.9 Å². The number of nitrogens with two attached hydrogens (primary N) is 1. The molecule has 0 saturated heterocycles. The molecule has 1 aliphatic carbocycles. The zero-order valence-electron chi connectivity index (χ0n) is 9.60. The third kappa shape index (κ3) is 1.40. The summed E-state index contributed by atoms with van der Waals surface area (Å²) in [4.78, 5) is 0. The van der Waals surface area contributed by atoms with Crippen molar-refractivity contribution >= 4 is 0 Å². The summed E-state index contributed by atoms with van der Waals surface area (Å²) in [5.74, 6) is -1.49. The van der Waals surface area contributed by atoms with Crippen LogP contribution in [0.2, 0.25) is 0 Å². The minimum atomic E-state index is -0.914. The van der Waals surface area contributed by atoms with Gasteiger partial charge in [-0.25, -0.2) is 8.78 Å². The molecule has 0 aliphatic heterocycles. The average molecular weight is 227 g/mol. The standard InChI is InChI=1S/C12H15F2NO/c1-11(2)6-12(11,15)7-4-8(13)9(14)5-10(7)16-3/h4-5H,6,15H2,1-3H3. The summed E-state index contributed by atoms with van der Waals surface area (Å²) in [5.41, 5.74) is 5.99. The Kier molecular flexibility index (Phi) is 2.24. The third-order valence-electron chi connectivity index (χ3n) is 3.53. The van der Waals surface area contributed by atoms with Crippen molar-refractivity contribution in [3.05, 3.63) is 29.3 Å². The molecule has 16 heavy (non-hydrogen) atoms. The molecule has 0 bridgehead atoms. The first-order valence-electron chi connectivity index (χ1n) is 5.14. The summed E-state index contributed by atoms with van der Waals surface area (Å²) < 4.78 is 31.3. The van der Waals surface area contributed by atoms with Crippen LogP contribution in [0.1, 0.15) is 25.8 Å². The first kappa shape index (κ1) is 11.3. The highest BCUT2D eigenvalue weighted by atomic mass is 19.2. The van der Waals surface area contributed by atoms with Gasteiger partial charge in [0.05, 0.1) is 12.6 Å². The Bertz CT molecular complexity index is 445. The van der Waals surface area contributed by atoms with Crippen LogP contribution in [-0.4, -0.2) is 7.11 Å². The van der Waals surface area contributed by atoms with Crippen LogP contribution in [-0.2, 0) is 5.54 Å². The number of rotatable bonds is 2. The lowest BCUT2D eigenvalue weighted by atomic mass is 9.96. The van der Waals surface area contributed by atoms with Crippen molar-refractivity contribution in [2.75, 3.05) is 7.11 Å². The van der Waals surface area contributed by atoms with Gasteiger partial charge in [0.2, 0.25) is 0 Å².